The molecule has 0 atom stereocenters. The lowest BCUT2D eigenvalue weighted by atomic mass is 9.77. The van der Waals surface area contributed by atoms with Crippen molar-refractivity contribution in [2.75, 3.05) is 13.2 Å². The first-order chi connectivity index (χ1) is 9.61. The molecule has 2 aromatic carbocycles. The zero-order valence-electron chi connectivity index (χ0n) is 10.9. The van der Waals surface area contributed by atoms with Crippen LogP contribution in [0, 0.1) is 0 Å². The topological polar surface area (TPSA) is 40.5 Å². The van der Waals surface area contributed by atoms with E-state index >= 15 is 0 Å². The van der Waals surface area contributed by atoms with Gasteiger partial charge in [-0.3, -0.25) is 0 Å². The monoisotopic (exact) mass is 398 g/mol. The summed E-state index contributed by atoms with van der Waals surface area (Å²) < 4.78 is 1.92. The molecule has 0 amide bonds. The number of hydrogen-bond donors (Lipinski definition) is 2. The molecule has 0 saturated heterocycles. The van der Waals surface area contributed by atoms with E-state index in [1.165, 1.54) is 0 Å². The van der Waals surface area contributed by atoms with Gasteiger partial charge in [0.1, 0.15) is 0 Å². The Hall–Kier alpha value is -0.680. The van der Waals surface area contributed by atoms with Crippen molar-refractivity contribution in [1.29, 1.82) is 0 Å². The molecule has 0 radical (unpaired) electrons. The Balaban J connectivity index is 2.39. The van der Waals surface area contributed by atoms with Crippen molar-refractivity contribution < 1.29 is 10.2 Å². The molecule has 20 heavy (non-hydrogen) atoms. The molecule has 0 aliphatic rings. The number of benzene rings is 2. The molecule has 2 aromatic rings. The largest absolute Gasteiger partial charge is 0.395 e. The van der Waals surface area contributed by atoms with E-state index < -0.39 is 5.41 Å². The van der Waals surface area contributed by atoms with Crippen LogP contribution in [0.25, 0.3) is 0 Å². The Bertz CT molecular complexity index is 563. The Labute approximate surface area is 135 Å². The SMILES string of the molecule is OCC(CO)(Cc1ccc(Br)cc1)c1ccccc1Br. The highest BCUT2D eigenvalue weighted by atomic mass is 79.9. The molecule has 0 aliphatic carbocycles. The second kappa shape index (κ2) is 6.85. The van der Waals surface area contributed by atoms with Crippen LogP contribution < -0.4 is 0 Å². The summed E-state index contributed by atoms with van der Waals surface area (Å²) in [6.45, 7) is -0.218. The molecular weight excluding hydrogens is 384 g/mol. The molecule has 0 unspecified atom stereocenters. The fraction of sp³-hybridized carbons (Fsp3) is 0.250. The molecule has 2 rings (SSSR count). The third kappa shape index (κ3) is 3.31. The summed E-state index contributed by atoms with van der Waals surface area (Å²) in [7, 11) is 0. The number of rotatable bonds is 5. The van der Waals surface area contributed by atoms with Crippen LogP contribution in [-0.2, 0) is 11.8 Å². The van der Waals surface area contributed by atoms with Gasteiger partial charge in [0.15, 0.2) is 0 Å². The number of hydrogen-bond acceptors (Lipinski definition) is 2. The van der Waals surface area contributed by atoms with Crippen LogP contribution in [0.1, 0.15) is 11.1 Å². The van der Waals surface area contributed by atoms with Crippen molar-refractivity contribution in [2.24, 2.45) is 0 Å². The summed E-state index contributed by atoms with van der Waals surface area (Å²) in [5.74, 6) is 0. The smallest absolute Gasteiger partial charge is 0.0553 e. The molecule has 0 fully saturated rings. The van der Waals surface area contributed by atoms with E-state index in [2.05, 4.69) is 31.9 Å². The number of halogens is 2. The van der Waals surface area contributed by atoms with Gasteiger partial charge in [-0.1, -0.05) is 62.2 Å². The number of aliphatic hydroxyl groups is 2. The fourth-order valence-corrected chi connectivity index (χ4v) is 3.28. The molecule has 0 spiro atoms. The summed E-state index contributed by atoms with van der Waals surface area (Å²) in [5.41, 5.74) is 1.31. The van der Waals surface area contributed by atoms with Gasteiger partial charge < -0.3 is 10.2 Å². The van der Waals surface area contributed by atoms with Gasteiger partial charge in [-0.2, -0.15) is 0 Å². The summed E-state index contributed by atoms with van der Waals surface area (Å²) in [4.78, 5) is 0. The van der Waals surface area contributed by atoms with Crippen LogP contribution in [-0.4, -0.2) is 23.4 Å². The standard InChI is InChI=1S/C16H16Br2O2/c17-13-7-5-12(6-8-13)9-16(10-19,11-20)14-3-1-2-4-15(14)18/h1-8,19-20H,9-11H2. The van der Waals surface area contributed by atoms with E-state index in [9.17, 15) is 10.2 Å². The number of aliphatic hydroxyl groups excluding tert-OH is 2. The van der Waals surface area contributed by atoms with E-state index in [1.54, 1.807) is 0 Å². The van der Waals surface area contributed by atoms with Crippen molar-refractivity contribution in [3.8, 4) is 0 Å². The fourth-order valence-electron chi connectivity index (χ4n) is 2.31. The quantitative estimate of drug-likeness (QED) is 0.805. The van der Waals surface area contributed by atoms with Crippen LogP contribution in [0.4, 0.5) is 0 Å². The first kappa shape index (κ1) is 15.7. The Morgan fingerprint density at radius 3 is 2.00 bits per heavy atom. The van der Waals surface area contributed by atoms with Gasteiger partial charge in [0.25, 0.3) is 0 Å². The van der Waals surface area contributed by atoms with E-state index in [1.807, 2.05) is 48.5 Å². The summed E-state index contributed by atoms with van der Waals surface area (Å²) >= 11 is 6.92. The molecule has 2 N–H and O–H groups in total. The van der Waals surface area contributed by atoms with Crippen LogP contribution >= 0.6 is 31.9 Å². The first-order valence-corrected chi connectivity index (χ1v) is 7.91. The van der Waals surface area contributed by atoms with Gasteiger partial charge in [-0.15, -0.1) is 0 Å². The summed E-state index contributed by atoms with van der Waals surface area (Å²) in [5, 5.41) is 19.8. The average Bonchev–Trinajstić information content (AvgIpc) is 2.48. The molecule has 2 nitrogen and oxygen atoms in total. The van der Waals surface area contributed by atoms with E-state index in [0.717, 1.165) is 20.1 Å². The van der Waals surface area contributed by atoms with E-state index in [-0.39, 0.29) is 13.2 Å². The first-order valence-electron chi connectivity index (χ1n) is 6.32. The van der Waals surface area contributed by atoms with Crippen LogP contribution in [0.3, 0.4) is 0 Å². The zero-order valence-corrected chi connectivity index (χ0v) is 14.1. The van der Waals surface area contributed by atoms with Gasteiger partial charge in [-0.25, -0.2) is 0 Å². The van der Waals surface area contributed by atoms with Gasteiger partial charge in [-0.05, 0) is 35.7 Å². The second-order valence-corrected chi connectivity index (χ2v) is 6.65. The Kier molecular flexibility index (Phi) is 5.38. The minimum atomic E-state index is -0.687. The molecule has 4 heteroatoms. The Morgan fingerprint density at radius 1 is 0.850 bits per heavy atom. The third-order valence-corrected chi connectivity index (χ3v) is 4.73. The predicted molar refractivity (Wildman–Crippen MR) is 87.8 cm³/mol. The lowest BCUT2D eigenvalue weighted by Crippen LogP contribution is -2.37. The second-order valence-electron chi connectivity index (χ2n) is 4.88. The summed E-state index contributed by atoms with van der Waals surface area (Å²) in [6.07, 6.45) is 0.579. The molecule has 0 bridgehead atoms. The minimum absolute atomic E-state index is 0.109. The Morgan fingerprint density at radius 2 is 1.45 bits per heavy atom. The lowest BCUT2D eigenvalue weighted by Gasteiger charge is -2.31. The van der Waals surface area contributed by atoms with Gasteiger partial charge in [0.05, 0.1) is 13.2 Å². The minimum Gasteiger partial charge on any atom is -0.395 e. The highest BCUT2D eigenvalue weighted by Gasteiger charge is 2.33. The maximum Gasteiger partial charge on any atom is 0.0553 e. The maximum atomic E-state index is 9.88. The average molecular weight is 400 g/mol. The highest BCUT2D eigenvalue weighted by Crippen LogP contribution is 2.33. The molecular formula is C16H16Br2O2. The van der Waals surface area contributed by atoms with E-state index in [4.69, 9.17) is 0 Å². The molecule has 106 valence electrons. The van der Waals surface area contributed by atoms with Crippen molar-refractivity contribution in [2.45, 2.75) is 11.8 Å². The lowest BCUT2D eigenvalue weighted by molar-refractivity contribution is 0.115. The van der Waals surface area contributed by atoms with Gasteiger partial charge >= 0.3 is 0 Å². The predicted octanol–water partition coefficient (Wildman–Crippen LogP) is 3.68. The molecule has 0 saturated carbocycles. The molecule has 0 aromatic heterocycles. The molecule has 0 heterocycles. The van der Waals surface area contributed by atoms with Gasteiger partial charge in [0.2, 0.25) is 0 Å². The zero-order chi connectivity index (χ0) is 14.6. The van der Waals surface area contributed by atoms with Crippen molar-refractivity contribution in [3.05, 3.63) is 68.6 Å². The van der Waals surface area contributed by atoms with Crippen molar-refractivity contribution in [1.82, 2.24) is 0 Å². The van der Waals surface area contributed by atoms with Crippen LogP contribution in [0.5, 0.6) is 0 Å². The normalized spacial score (nSPS) is 11.6. The van der Waals surface area contributed by atoms with Crippen molar-refractivity contribution >= 4 is 31.9 Å². The summed E-state index contributed by atoms with van der Waals surface area (Å²) in [6, 6.07) is 15.6. The van der Waals surface area contributed by atoms with Crippen LogP contribution in [0.15, 0.2) is 57.5 Å². The maximum absolute atomic E-state index is 9.88. The van der Waals surface area contributed by atoms with Crippen LogP contribution in [0.2, 0.25) is 0 Å². The van der Waals surface area contributed by atoms with Gasteiger partial charge in [0, 0.05) is 14.4 Å². The highest BCUT2D eigenvalue weighted by molar-refractivity contribution is 9.10. The van der Waals surface area contributed by atoms with E-state index in [0.29, 0.717) is 6.42 Å². The third-order valence-electron chi connectivity index (χ3n) is 3.51. The molecule has 0 aliphatic heterocycles. The van der Waals surface area contributed by atoms with Crippen molar-refractivity contribution in [3.63, 3.8) is 0 Å².